The van der Waals surface area contributed by atoms with Gasteiger partial charge in [0, 0.05) is 0 Å². The molecule has 2 aromatic heterocycles. The van der Waals surface area contributed by atoms with Crippen molar-refractivity contribution in [2.75, 3.05) is 0 Å². The molecule has 3 aromatic carbocycles. The first kappa shape index (κ1) is 22.7. The van der Waals surface area contributed by atoms with Crippen LogP contribution in [-0.4, -0.2) is 31.0 Å². The van der Waals surface area contributed by atoms with Crippen molar-refractivity contribution in [2.24, 2.45) is 10.3 Å². The van der Waals surface area contributed by atoms with Gasteiger partial charge in [0.25, 0.3) is 22.2 Å². The molecule has 5 rings (SSSR count). The molecule has 0 fully saturated rings. The third kappa shape index (κ3) is 3.27. The fraction of sp³-hybridized carbons (Fsp3) is 0.0769. The molecular weight excluding hydrogens is 464 g/mol. The lowest BCUT2D eigenvalue weighted by atomic mass is 10.1. The molecule has 0 atom stereocenters. The van der Waals surface area contributed by atoms with Gasteiger partial charge in [-0.25, -0.2) is 9.13 Å². The monoisotopic (exact) mass is 482 g/mol. The summed E-state index contributed by atoms with van der Waals surface area (Å²) in [5.41, 5.74) is 0.120. The highest BCUT2D eigenvalue weighted by atomic mass is 16.4. The molecule has 0 unspecified atom stereocenters. The third-order valence-corrected chi connectivity index (χ3v) is 6.28. The maximum absolute atomic E-state index is 13.2. The van der Waals surface area contributed by atoms with Crippen molar-refractivity contribution in [2.45, 2.75) is 13.8 Å². The quantitative estimate of drug-likeness (QED) is 0.229. The predicted octanol–water partition coefficient (Wildman–Crippen LogP) is 2.29. The maximum Gasteiger partial charge on any atom is 0.266 e. The molecule has 0 saturated carbocycles. The van der Waals surface area contributed by atoms with E-state index in [1.54, 1.807) is 62.4 Å². The number of fused-ring (bicyclic) bond motifs is 2. The molecule has 178 valence electrons. The number of hydrogen-bond acceptors (Lipinski definition) is 8. The first-order valence-electron chi connectivity index (χ1n) is 10.8. The summed E-state index contributed by atoms with van der Waals surface area (Å²) in [6, 6.07) is 15.2. The van der Waals surface area contributed by atoms with Crippen LogP contribution in [0.1, 0.15) is 25.0 Å². The van der Waals surface area contributed by atoms with E-state index in [-0.39, 0.29) is 21.5 Å². The fourth-order valence-electron chi connectivity index (χ4n) is 4.26. The minimum absolute atomic E-state index is 0.0315. The van der Waals surface area contributed by atoms with Crippen molar-refractivity contribution in [3.63, 3.8) is 0 Å². The van der Waals surface area contributed by atoms with Gasteiger partial charge in [0.05, 0.1) is 44.3 Å². The molecule has 10 heteroatoms. The second kappa shape index (κ2) is 8.27. The number of benzene rings is 3. The first-order chi connectivity index (χ1) is 17.3. The third-order valence-electron chi connectivity index (χ3n) is 6.28. The van der Waals surface area contributed by atoms with Crippen molar-refractivity contribution in [3.8, 4) is 11.4 Å². The summed E-state index contributed by atoms with van der Waals surface area (Å²) in [6.45, 7) is 3.21. The molecule has 2 N–H and O–H groups in total. The minimum Gasteiger partial charge on any atom is -0.411 e. The largest absolute Gasteiger partial charge is 0.411 e. The standard InChI is InChI=1S/C26H18N4O6/c1-13(27-35)15-3-7-17(8-4-15)29-23(31)19-11-21-22(12-20(19)24(29)32)26(34)30(25(21)33)18-9-5-16(6-10-18)14(2)28-36/h3-12,35-36H,1-2H3/b27-13-,28-14-. The normalized spacial score (nSPS) is 12.6. The Hall–Kier alpha value is -5.12. The SMILES string of the molecule is C/C(=N/O)c1ccc(-n2c(=O)c3cc4c(=O)n(-c5ccc(/C(C)=N\O)cc5)c(=O)c4cc3c2=O)cc1. The zero-order valence-corrected chi connectivity index (χ0v) is 19.1. The zero-order chi connectivity index (χ0) is 25.7. The average molecular weight is 482 g/mol. The summed E-state index contributed by atoms with van der Waals surface area (Å²) in [4.78, 5) is 52.6. The van der Waals surface area contributed by atoms with Crippen molar-refractivity contribution in [3.05, 3.63) is 113 Å². The Morgan fingerprint density at radius 1 is 0.556 bits per heavy atom. The van der Waals surface area contributed by atoms with Crippen LogP contribution in [0.2, 0.25) is 0 Å². The van der Waals surface area contributed by atoms with Crippen LogP contribution in [0.15, 0.2) is 90.2 Å². The fourth-order valence-corrected chi connectivity index (χ4v) is 4.26. The Bertz CT molecular complexity index is 1720. The maximum atomic E-state index is 13.2. The molecule has 10 nitrogen and oxygen atoms in total. The van der Waals surface area contributed by atoms with Gasteiger partial charge in [0.1, 0.15) is 0 Å². The van der Waals surface area contributed by atoms with Crippen molar-refractivity contribution < 1.29 is 10.4 Å². The summed E-state index contributed by atoms with van der Waals surface area (Å²) in [7, 11) is 0. The van der Waals surface area contributed by atoms with Gasteiger partial charge in [-0.05, 0) is 61.4 Å². The number of rotatable bonds is 4. The molecule has 36 heavy (non-hydrogen) atoms. The van der Waals surface area contributed by atoms with E-state index in [4.69, 9.17) is 10.4 Å². The van der Waals surface area contributed by atoms with E-state index >= 15 is 0 Å². The molecule has 0 radical (unpaired) electrons. The van der Waals surface area contributed by atoms with Gasteiger partial charge in [0.15, 0.2) is 0 Å². The van der Waals surface area contributed by atoms with Crippen LogP contribution in [0.5, 0.6) is 0 Å². The Morgan fingerprint density at radius 2 is 0.833 bits per heavy atom. The topological polar surface area (TPSA) is 143 Å². The van der Waals surface area contributed by atoms with Gasteiger partial charge in [0.2, 0.25) is 0 Å². The predicted molar refractivity (Wildman–Crippen MR) is 136 cm³/mol. The summed E-state index contributed by atoms with van der Waals surface area (Å²) in [5, 5.41) is 24.2. The van der Waals surface area contributed by atoms with E-state index in [0.717, 1.165) is 9.13 Å². The van der Waals surface area contributed by atoms with Crippen molar-refractivity contribution >= 4 is 33.0 Å². The molecule has 0 aliphatic carbocycles. The highest BCUT2D eigenvalue weighted by Crippen LogP contribution is 2.18. The lowest BCUT2D eigenvalue weighted by molar-refractivity contribution is 0.319. The molecule has 0 amide bonds. The van der Waals surface area contributed by atoms with E-state index in [9.17, 15) is 19.2 Å². The lowest BCUT2D eigenvalue weighted by Gasteiger charge is -2.03. The van der Waals surface area contributed by atoms with E-state index in [0.29, 0.717) is 33.9 Å². The van der Waals surface area contributed by atoms with Crippen LogP contribution in [0.3, 0.4) is 0 Å². The zero-order valence-electron chi connectivity index (χ0n) is 19.1. The molecule has 0 saturated heterocycles. The summed E-state index contributed by atoms with van der Waals surface area (Å²) in [5.74, 6) is 0. The van der Waals surface area contributed by atoms with Gasteiger partial charge in [-0.1, -0.05) is 34.6 Å². The van der Waals surface area contributed by atoms with Gasteiger partial charge in [-0.2, -0.15) is 0 Å². The van der Waals surface area contributed by atoms with E-state index in [1.165, 1.54) is 12.1 Å². The number of hydrogen-bond donors (Lipinski definition) is 2. The average Bonchev–Trinajstić information content (AvgIpc) is 3.30. The Morgan fingerprint density at radius 3 is 1.08 bits per heavy atom. The second-order valence-corrected chi connectivity index (χ2v) is 8.30. The molecule has 0 bridgehead atoms. The van der Waals surface area contributed by atoms with Crippen LogP contribution in [-0.2, 0) is 0 Å². The molecule has 0 aliphatic rings. The van der Waals surface area contributed by atoms with Crippen LogP contribution in [0, 0.1) is 0 Å². The second-order valence-electron chi connectivity index (χ2n) is 8.30. The van der Waals surface area contributed by atoms with Crippen LogP contribution < -0.4 is 22.2 Å². The van der Waals surface area contributed by atoms with Crippen LogP contribution >= 0.6 is 0 Å². The smallest absolute Gasteiger partial charge is 0.266 e. The molecule has 0 spiro atoms. The van der Waals surface area contributed by atoms with Crippen LogP contribution in [0.25, 0.3) is 32.9 Å². The lowest BCUT2D eigenvalue weighted by Crippen LogP contribution is -2.24. The number of aromatic nitrogens is 2. The highest BCUT2D eigenvalue weighted by Gasteiger charge is 2.21. The van der Waals surface area contributed by atoms with Crippen molar-refractivity contribution in [1.82, 2.24) is 9.13 Å². The molecular formula is C26H18N4O6. The minimum atomic E-state index is -0.611. The highest BCUT2D eigenvalue weighted by molar-refractivity contribution is 6.00. The van der Waals surface area contributed by atoms with Gasteiger partial charge in [-0.15, -0.1) is 0 Å². The number of nitrogens with zero attached hydrogens (tertiary/aromatic N) is 4. The van der Waals surface area contributed by atoms with Gasteiger partial charge < -0.3 is 10.4 Å². The number of oxime groups is 2. The molecule has 5 aromatic rings. The summed E-state index contributed by atoms with van der Waals surface area (Å²) >= 11 is 0. The van der Waals surface area contributed by atoms with Crippen LogP contribution in [0.4, 0.5) is 0 Å². The molecule has 2 heterocycles. The molecule has 0 aliphatic heterocycles. The Balaban J connectivity index is 1.69. The van der Waals surface area contributed by atoms with Gasteiger partial charge in [-0.3, -0.25) is 19.2 Å². The van der Waals surface area contributed by atoms with E-state index in [1.807, 2.05) is 0 Å². The van der Waals surface area contributed by atoms with E-state index in [2.05, 4.69) is 10.3 Å². The summed E-state index contributed by atoms with van der Waals surface area (Å²) in [6.07, 6.45) is 0. The Kier molecular flexibility index (Phi) is 5.21. The first-order valence-corrected chi connectivity index (χ1v) is 10.8. The van der Waals surface area contributed by atoms with E-state index < -0.39 is 22.2 Å². The van der Waals surface area contributed by atoms with Crippen molar-refractivity contribution in [1.29, 1.82) is 0 Å². The Labute approximate surface area is 201 Å². The summed E-state index contributed by atoms with van der Waals surface area (Å²) < 4.78 is 1.96. The van der Waals surface area contributed by atoms with Gasteiger partial charge >= 0.3 is 0 Å².